The zero-order valence-corrected chi connectivity index (χ0v) is 31.4. The van der Waals surface area contributed by atoms with Gasteiger partial charge in [0.15, 0.2) is 0 Å². The Hall–Kier alpha value is -4.94. The van der Waals surface area contributed by atoms with Crippen LogP contribution in [0.1, 0.15) is 114 Å². The first kappa shape index (κ1) is 45.2. The Morgan fingerprint density at radius 2 is 1.09 bits per heavy atom. The molecule has 0 aromatic heterocycles. The number of hydrogen-bond acceptors (Lipinski definition) is 11. The highest BCUT2D eigenvalue weighted by Crippen LogP contribution is 2.21. The van der Waals surface area contributed by atoms with Crippen molar-refractivity contribution in [2.45, 2.75) is 104 Å². The molecule has 0 unspecified atom stereocenters. The van der Waals surface area contributed by atoms with Gasteiger partial charge < -0.3 is 16.0 Å². The molecule has 1 aromatic rings. The highest BCUT2D eigenvalue weighted by Gasteiger charge is 2.23. The van der Waals surface area contributed by atoms with Crippen LogP contribution < -0.4 is 21.0 Å². The molecule has 1 aromatic carbocycles. The molecule has 1 aliphatic heterocycles. The van der Waals surface area contributed by atoms with Crippen LogP contribution in [0, 0.1) is 0 Å². The quantitative estimate of drug-likeness (QED) is 0.0458. The Balaban J connectivity index is 1.43. The molecule has 0 spiro atoms. The predicted molar refractivity (Wildman–Crippen MR) is 196 cm³/mol. The maximum atomic E-state index is 12.4. The van der Waals surface area contributed by atoms with E-state index >= 15 is 0 Å². The third-order valence-corrected chi connectivity index (χ3v) is 8.43. The minimum atomic E-state index is -0.569. The second kappa shape index (κ2) is 25.1. The highest BCUT2D eigenvalue weighted by molar-refractivity contribution is 6.12. The van der Waals surface area contributed by atoms with Crippen LogP contribution in [0.15, 0.2) is 29.4 Å². The number of carbonyl (C=O) groups is 7. The van der Waals surface area contributed by atoms with Crippen LogP contribution in [0.4, 0.5) is 5.69 Å². The monoisotopic (exact) mass is 760 g/mol. The van der Waals surface area contributed by atoms with E-state index in [-0.39, 0.29) is 75.4 Å². The van der Waals surface area contributed by atoms with Crippen molar-refractivity contribution in [2.24, 2.45) is 5.10 Å². The van der Waals surface area contributed by atoms with Crippen LogP contribution in [-0.4, -0.2) is 117 Å². The number of unbranched alkanes of at least 4 members (excludes halogenated alkanes) is 6. The Morgan fingerprint density at radius 3 is 1.52 bits per heavy atom. The van der Waals surface area contributed by atoms with Gasteiger partial charge in [0.25, 0.3) is 11.8 Å². The number of amides is 7. The minimum absolute atomic E-state index is 0.0615. The Kier molecular flexibility index (Phi) is 21.1. The molecule has 1 heterocycles. The summed E-state index contributed by atoms with van der Waals surface area (Å²) < 4.78 is 0. The van der Waals surface area contributed by atoms with E-state index in [1.54, 1.807) is 31.2 Å². The molecular formula is C36H56N8O10. The second-order valence-electron chi connectivity index (χ2n) is 13.1. The normalized spacial score (nSPS) is 12.2. The van der Waals surface area contributed by atoms with Gasteiger partial charge in [-0.2, -0.15) is 5.10 Å². The molecule has 0 fully saturated rings. The van der Waals surface area contributed by atoms with Crippen molar-refractivity contribution >= 4 is 52.7 Å². The maximum absolute atomic E-state index is 12.4. The van der Waals surface area contributed by atoms with E-state index in [0.29, 0.717) is 104 Å². The highest BCUT2D eigenvalue weighted by atomic mass is 16.5. The molecule has 0 saturated heterocycles. The number of anilines is 1. The molecule has 7 amide bonds. The van der Waals surface area contributed by atoms with E-state index in [9.17, 15) is 49.2 Å². The van der Waals surface area contributed by atoms with Gasteiger partial charge in [-0.1, -0.05) is 0 Å². The zero-order chi connectivity index (χ0) is 39.9. The molecule has 0 aliphatic carbocycles. The van der Waals surface area contributed by atoms with E-state index in [0.717, 1.165) is 5.71 Å². The van der Waals surface area contributed by atoms with E-state index < -0.39 is 17.7 Å². The smallest absolute Gasteiger partial charge is 0.253 e. The standard InChI is InChI=1S/C36H56N8O10/c1-27-26-35(50)44(40-27)30-14-12-29(13-15-30)36(51)39-22-8-5-11-25-43(54)34(49)19-17-32(47)38-21-7-4-10-24-42(53)33(48)18-16-31(46)37-20-6-3-9-23-41(52)28(2)45/h12-15,52-54H,3-11,16-26H2,1-2H3,(H,37,46)(H,38,47)(H,39,51). The van der Waals surface area contributed by atoms with E-state index in [4.69, 9.17) is 0 Å². The van der Waals surface area contributed by atoms with Crippen LogP contribution in [0.25, 0.3) is 0 Å². The number of hydroxylamine groups is 6. The first-order valence-electron chi connectivity index (χ1n) is 18.5. The topological polar surface area (TPSA) is 242 Å². The van der Waals surface area contributed by atoms with Crippen molar-refractivity contribution in [1.29, 1.82) is 0 Å². The molecule has 18 nitrogen and oxygen atoms in total. The summed E-state index contributed by atoms with van der Waals surface area (Å²) in [5.74, 6) is -2.59. The summed E-state index contributed by atoms with van der Waals surface area (Å²) in [6, 6.07) is 6.59. The lowest BCUT2D eigenvalue weighted by molar-refractivity contribution is -0.166. The van der Waals surface area contributed by atoms with Crippen molar-refractivity contribution in [1.82, 2.24) is 31.1 Å². The van der Waals surface area contributed by atoms with Crippen LogP contribution in [0.3, 0.4) is 0 Å². The fourth-order valence-corrected chi connectivity index (χ4v) is 5.24. The van der Waals surface area contributed by atoms with Gasteiger partial charge in [0, 0.05) is 83.2 Å². The van der Waals surface area contributed by atoms with Gasteiger partial charge >= 0.3 is 0 Å². The van der Waals surface area contributed by atoms with E-state index in [2.05, 4.69) is 21.1 Å². The van der Waals surface area contributed by atoms with Crippen molar-refractivity contribution in [3.05, 3.63) is 29.8 Å². The molecule has 6 N–H and O–H groups in total. The van der Waals surface area contributed by atoms with Gasteiger partial charge in [-0.3, -0.25) is 49.2 Å². The molecule has 300 valence electrons. The largest absolute Gasteiger partial charge is 0.356 e. The van der Waals surface area contributed by atoms with E-state index in [1.807, 2.05) is 0 Å². The molecule has 0 bridgehead atoms. The molecule has 1 aliphatic rings. The molecule has 18 heteroatoms. The predicted octanol–water partition coefficient (Wildman–Crippen LogP) is 2.51. The summed E-state index contributed by atoms with van der Waals surface area (Å²) in [5, 5.41) is 44.8. The summed E-state index contributed by atoms with van der Waals surface area (Å²) in [7, 11) is 0. The SMILES string of the molecule is CC(=O)N(O)CCCCCNC(=O)CCC(=O)N(O)CCCCCNC(=O)CCC(=O)N(O)CCCCCNC(=O)c1ccc(N2N=C(C)CC2=O)cc1. The second-order valence-corrected chi connectivity index (χ2v) is 13.1. The molecule has 2 rings (SSSR count). The molecule has 0 saturated carbocycles. The number of nitrogens with zero attached hydrogens (tertiary/aromatic N) is 5. The summed E-state index contributed by atoms with van der Waals surface area (Å²) in [5.41, 5.74) is 1.78. The average Bonchev–Trinajstić information content (AvgIpc) is 3.50. The summed E-state index contributed by atoms with van der Waals surface area (Å²) in [6.45, 7) is 4.61. The number of rotatable bonds is 26. The first-order valence-corrected chi connectivity index (χ1v) is 18.5. The maximum Gasteiger partial charge on any atom is 0.253 e. The third kappa shape index (κ3) is 18.2. The Morgan fingerprint density at radius 1 is 0.648 bits per heavy atom. The van der Waals surface area contributed by atoms with Crippen LogP contribution >= 0.6 is 0 Å². The summed E-state index contributed by atoms with van der Waals surface area (Å²) in [4.78, 5) is 83.7. The number of hydrazone groups is 1. The van der Waals surface area contributed by atoms with Gasteiger partial charge in [0.2, 0.25) is 29.5 Å². The number of benzene rings is 1. The molecular weight excluding hydrogens is 704 g/mol. The van der Waals surface area contributed by atoms with Gasteiger partial charge in [0.05, 0.1) is 12.1 Å². The molecule has 0 radical (unpaired) electrons. The number of nitrogens with one attached hydrogen (secondary N) is 3. The Labute approximate surface area is 315 Å². The van der Waals surface area contributed by atoms with Crippen molar-refractivity contribution in [2.75, 3.05) is 44.3 Å². The van der Waals surface area contributed by atoms with Gasteiger partial charge in [-0.15, -0.1) is 0 Å². The van der Waals surface area contributed by atoms with Crippen LogP contribution in [-0.2, 0) is 28.8 Å². The fraction of sp³-hybridized carbons (Fsp3) is 0.611. The Bertz CT molecular complexity index is 1440. The molecule has 0 atom stereocenters. The van der Waals surface area contributed by atoms with Crippen molar-refractivity contribution in [3.8, 4) is 0 Å². The van der Waals surface area contributed by atoms with E-state index in [1.165, 1.54) is 11.9 Å². The van der Waals surface area contributed by atoms with Crippen molar-refractivity contribution < 1.29 is 49.2 Å². The molecule has 54 heavy (non-hydrogen) atoms. The first-order chi connectivity index (χ1) is 25.8. The van der Waals surface area contributed by atoms with Gasteiger partial charge in [-0.25, -0.2) is 20.2 Å². The lowest BCUT2D eigenvalue weighted by Gasteiger charge is -2.15. The van der Waals surface area contributed by atoms with Crippen molar-refractivity contribution in [3.63, 3.8) is 0 Å². The van der Waals surface area contributed by atoms with Gasteiger partial charge in [0.1, 0.15) is 0 Å². The van der Waals surface area contributed by atoms with Crippen LogP contribution in [0.2, 0.25) is 0 Å². The van der Waals surface area contributed by atoms with Gasteiger partial charge in [-0.05, 0) is 89.0 Å². The fourth-order valence-electron chi connectivity index (χ4n) is 5.24. The van der Waals surface area contributed by atoms with Crippen LogP contribution in [0.5, 0.6) is 0 Å². The lowest BCUT2D eigenvalue weighted by atomic mass is 10.1. The third-order valence-electron chi connectivity index (χ3n) is 8.43. The number of hydrogen-bond donors (Lipinski definition) is 6. The average molecular weight is 761 g/mol. The summed E-state index contributed by atoms with van der Waals surface area (Å²) >= 11 is 0. The lowest BCUT2D eigenvalue weighted by Crippen LogP contribution is -2.31. The summed E-state index contributed by atoms with van der Waals surface area (Å²) in [6.07, 6.45) is 5.27. The zero-order valence-electron chi connectivity index (χ0n) is 31.4. The minimum Gasteiger partial charge on any atom is -0.356 e. The number of carbonyl (C=O) groups excluding carboxylic acids is 7.